The van der Waals surface area contributed by atoms with Crippen molar-refractivity contribution in [2.45, 2.75) is 51.1 Å². The van der Waals surface area contributed by atoms with E-state index in [1.807, 2.05) is 0 Å². The quantitative estimate of drug-likeness (QED) is 0.874. The fraction of sp³-hybridized carbons (Fsp3) is 0.533. The van der Waals surface area contributed by atoms with Crippen molar-refractivity contribution in [3.05, 3.63) is 24.2 Å². The molecule has 1 amide bonds. The van der Waals surface area contributed by atoms with Crippen LogP contribution in [0.25, 0.3) is 5.65 Å². The SMILES string of the molecule is N#Cc1cnn2ccn(CC(=O)NC3CCCCCC3)c12. The van der Waals surface area contributed by atoms with Crippen molar-refractivity contribution < 1.29 is 4.79 Å². The molecule has 110 valence electrons. The van der Waals surface area contributed by atoms with Gasteiger partial charge in [-0.3, -0.25) is 4.79 Å². The number of rotatable bonds is 3. The first-order valence-corrected chi connectivity index (χ1v) is 7.50. The molecule has 3 rings (SSSR count). The van der Waals surface area contributed by atoms with Gasteiger partial charge in [0.15, 0.2) is 5.65 Å². The van der Waals surface area contributed by atoms with Gasteiger partial charge in [0.2, 0.25) is 5.91 Å². The molecule has 0 bridgehead atoms. The Morgan fingerprint density at radius 1 is 1.33 bits per heavy atom. The van der Waals surface area contributed by atoms with E-state index in [0.29, 0.717) is 17.3 Å². The molecule has 2 heterocycles. The summed E-state index contributed by atoms with van der Waals surface area (Å²) in [6, 6.07) is 2.40. The number of aromatic nitrogens is 3. The first kappa shape index (κ1) is 13.7. The Hall–Kier alpha value is -2.29. The van der Waals surface area contributed by atoms with Crippen molar-refractivity contribution in [2.75, 3.05) is 0 Å². The Bertz CT molecular complexity index is 670. The van der Waals surface area contributed by atoms with Gasteiger partial charge in [0.1, 0.15) is 18.2 Å². The van der Waals surface area contributed by atoms with Gasteiger partial charge in [-0.25, -0.2) is 4.52 Å². The molecule has 0 aromatic carbocycles. The van der Waals surface area contributed by atoms with E-state index in [2.05, 4.69) is 16.5 Å². The predicted octanol–water partition coefficient (Wildman–Crippen LogP) is 1.85. The molecule has 1 aliphatic rings. The maximum Gasteiger partial charge on any atom is 0.240 e. The van der Waals surface area contributed by atoms with Gasteiger partial charge in [-0.15, -0.1) is 0 Å². The van der Waals surface area contributed by atoms with E-state index in [4.69, 9.17) is 5.26 Å². The summed E-state index contributed by atoms with van der Waals surface area (Å²) in [4.78, 5) is 12.2. The molecule has 0 saturated heterocycles. The molecular weight excluding hydrogens is 266 g/mol. The Morgan fingerprint density at radius 3 is 2.81 bits per heavy atom. The van der Waals surface area contributed by atoms with Gasteiger partial charge in [-0.2, -0.15) is 10.4 Å². The number of nitriles is 1. The van der Waals surface area contributed by atoms with Gasteiger partial charge in [0.05, 0.1) is 6.20 Å². The maximum atomic E-state index is 12.2. The minimum Gasteiger partial charge on any atom is -0.352 e. The lowest BCUT2D eigenvalue weighted by Crippen LogP contribution is -2.36. The highest BCUT2D eigenvalue weighted by molar-refractivity contribution is 5.77. The fourth-order valence-corrected chi connectivity index (χ4v) is 3.02. The first-order valence-electron chi connectivity index (χ1n) is 7.50. The number of fused-ring (bicyclic) bond motifs is 1. The monoisotopic (exact) mass is 285 g/mol. The van der Waals surface area contributed by atoms with E-state index in [1.54, 1.807) is 21.5 Å². The van der Waals surface area contributed by atoms with E-state index >= 15 is 0 Å². The zero-order valence-corrected chi connectivity index (χ0v) is 12.0. The lowest BCUT2D eigenvalue weighted by atomic mass is 10.1. The molecule has 6 heteroatoms. The molecule has 0 aliphatic heterocycles. The molecule has 0 atom stereocenters. The van der Waals surface area contributed by atoms with Gasteiger partial charge in [0.25, 0.3) is 0 Å². The standard InChI is InChI=1S/C15H19N5O/c16-9-12-10-17-20-8-7-19(15(12)20)11-14(21)18-13-5-3-1-2-4-6-13/h7-8,10,13H,1-6,11H2,(H,18,21). The summed E-state index contributed by atoms with van der Waals surface area (Å²) < 4.78 is 3.40. The van der Waals surface area contributed by atoms with Gasteiger partial charge in [-0.05, 0) is 12.8 Å². The van der Waals surface area contributed by atoms with Crippen LogP contribution in [-0.2, 0) is 11.3 Å². The summed E-state index contributed by atoms with van der Waals surface area (Å²) in [5.74, 6) is 0.00471. The number of hydrogen-bond donors (Lipinski definition) is 1. The van der Waals surface area contributed by atoms with Crippen LogP contribution in [0.5, 0.6) is 0 Å². The number of nitrogens with one attached hydrogen (secondary N) is 1. The lowest BCUT2D eigenvalue weighted by Gasteiger charge is -2.16. The number of carbonyl (C=O) groups excluding carboxylic acids is 1. The van der Waals surface area contributed by atoms with Crippen LogP contribution in [0.3, 0.4) is 0 Å². The minimum atomic E-state index is 0.00471. The van der Waals surface area contributed by atoms with Gasteiger partial charge in [-0.1, -0.05) is 25.7 Å². The summed E-state index contributed by atoms with van der Waals surface area (Å²) in [6.45, 7) is 0.230. The van der Waals surface area contributed by atoms with Crippen LogP contribution in [-0.4, -0.2) is 26.1 Å². The highest BCUT2D eigenvalue weighted by atomic mass is 16.2. The second kappa shape index (κ2) is 6.00. The van der Waals surface area contributed by atoms with Gasteiger partial charge >= 0.3 is 0 Å². The molecular formula is C15H19N5O. The molecule has 0 radical (unpaired) electrons. The third-order valence-electron chi connectivity index (χ3n) is 4.08. The zero-order chi connectivity index (χ0) is 14.7. The van der Waals surface area contributed by atoms with E-state index in [-0.39, 0.29) is 12.5 Å². The van der Waals surface area contributed by atoms with Crippen LogP contribution in [0.1, 0.15) is 44.1 Å². The molecule has 1 N–H and O–H groups in total. The van der Waals surface area contributed by atoms with Crippen molar-refractivity contribution in [3.63, 3.8) is 0 Å². The molecule has 1 fully saturated rings. The molecule has 2 aromatic heterocycles. The van der Waals surface area contributed by atoms with Crippen molar-refractivity contribution >= 4 is 11.6 Å². The van der Waals surface area contributed by atoms with Crippen LogP contribution in [0.15, 0.2) is 18.6 Å². The van der Waals surface area contributed by atoms with Crippen LogP contribution in [0.4, 0.5) is 0 Å². The number of carbonyl (C=O) groups is 1. The fourth-order valence-electron chi connectivity index (χ4n) is 3.02. The van der Waals surface area contributed by atoms with E-state index in [1.165, 1.54) is 31.9 Å². The topological polar surface area (TPSA) is 75.1 Å². The summed E-state index contributed by atoms with van der Waals surface area (Å²) in [5.41, 5.74) is 1.16. The zero-order valence-electron chi connectivity index (χ0n) is 12.0. The summed E-state index contributed by atoms with van der Waals surface area (Å²) in [5, 5.41) is 16.3. The van der Waals surface area contributed by atoms with Crippen molar-refractivity contribution in [1.29, 1.82) is 5.26 Å². The average molecular weight is 285 g/mol. The van der Waals surface area contributed by atoms with Crippen LogP contribution in [0.2, 0.25) is 0 Å². The predicted molar refractivity (Wildman–Crippen MR) is 77.5 cm³/mol. The highest BCUT2D eigenvalue weighted by Gasteiger charge is 2.16. The van der Waals surface area contributed by atoms with Crippen molar-refractivity contribution in [3.8, 4) is 6.07 Å². The van der Waals surface area contributed by atoms with Crippen LogP contribution in [0, 0.1) is 11.3 Å². The third kappa shape index (κ3) is 2.92. The second-order valence-corrected chi connectivity index (χ2v) is 5.62. The van der Waals surface area contributed by atoms with E-state index in [9.17, 15) is 4.79 Å². The van der Waals surface area contributed by atoms with Crippen molar-refractivity contribution in [2.24, 2.45) is 0 Å². The number of imidazole rings is 1. The molecule has 21 heavy (non-hydrogen) atoms. The minimum absolute atomic E-state index is 0.00471. The molecule has 2 aromatic rings. The number of nitrogens with zero attached hydrogens (tertiary/aromatic N) is 4. The maximum absolute atomic E-state index is 12.2. The molecule has 1 aliphatic carbocycles. The lowest BCUT2D eigenvalue weighted by molar-refractivity contribution is -0.122. The third-order valence-corrected chi connectivity index (χ3v) is 4.08. The van der Waals surface area contributed by atoms with Gasteiger partial charge < -0.3 is 9.88 Å². The Balaban J connectivity index is 1.68. The molecule has 1 saturated carbocycles. The smallest absolute Gasteiger partial charge is 0.240 e. The first-order chi connectivity index (χ1) is 10.3. The average Bonchev–Trinajstić information content (AvgIpc) is 2.95. The van der Waals surface area contributed by atoms with Crippen LogP contribution >= 0.6 is 0 Å². The Morgan fingerprint density at radius 2 is 2.10 bits per heavy atom. The van der Waals surface area contributed by atoms with E-state index in [0.717, 1.165) is 12.8 Å². The largest absolute Gasteiger partial charge is 0.352 e. The summed E-state index contributed by atoms with van der Waals surface area (Å²) >= 11 is 0. The van der Waals surface area contributed by atoms with E-state index < -0.39 is 0 Å². The van der Waals surface area contributed by atoms with Crippen molar-refractivity contribution in [1.82, 2.24) is 19.5 Å². The Labute approximate surface area is 123 Å². The molecule has 0 spiro atoms. The van der Waals surface area contributed by atoms with Crippen LogP contribution < -0.4 is 5.32 Å². The Kier molecular flexibility index (Phi) is 3.91. The number of amides is 1. The summed E-state index contributed by atoms with van der Waals surface area (Å²) in [7, 11) is 0. The number of hydrogen-bond acceptors (Lipinski definition) is 3. The van der Waals surface area contributed by atoms with Gasteiger partial charge in [0, 0.05) is 18.4 Å². The normalized spacial score (nSPS) is 16.5. The molecule has 6 nitrogen and oxygen atoms in total. The second-order valence-electron chi connectivity index (χ2n) is 5.62. The summed E-state index contributed by atoms with van der Waals surface area (Å²) in [6.07, 6.45) is 12.1. The molecule has 0 unspecified atom stereocenters. The highest BCUT2D eigenvalue weighted by Crippen LogP contribution is 2.17.